The van der Waals surface area contributed by atoms with E-state index < -0.39 is 4.92 Å². The minimum absolute atomic E-state index is 0.102. The van der Waals surface area contributed by atoms with Crippen molar-refractivity contribution in [3.8, 4) is 0 Å². The molecular weight excluding hydrogens is 329 g/mol. The van der Waals surface area contributed by atoms with Crippen LogP contribution in [0.3, 0.4) is 0 Å². The van der Waals surface area contributed by atoms with Gasteiger partial charge in [-0.1, -0.05) is 6.07 Å². The molecule has 2 heterocycles. The van der Waals surface area contributed by atoms with Crippen LogP contribution in [-0.4, -0.2) is 42.4 Å². The standard InChI is InChI=1S/C16H16FN5O3/c17-14-9-12(1-3-15(14)21-5-7-25-8-6-21)10-19-20-16-4-2-13(11-18-16)22(23)24/h1-4,9-11H,5-8H2,(H,18,20)/b19-10-. The van der Waals surface area contributed by atoms with Gasteiger partial charge in [0.2, 0.25) is 0 Å². The lowest BCUT2D eigenvalue weighted by Gasteiger charge is -2.29. The Morgan fingerprint density at radius 3 is 2.76 bits per heavy atom. The Bertz CT molecular complexity index is 776. The molecule has 130 valence electrons. The van der Waals surface area contributed by atoms with Gasteiger partial charge >= 0.3 is 0 Å². The van der Waals surface area contributed by atoms with Crippen LogP contribution < -0.4 is 10.3 Å². The summed E-state index contributed by atoms with van der Waals surface area (Å²) in [5, 5.41) is 14.5. The third-order valence-electron chi connectivity index (χ3n) is 3.67. The Kier molecular flexibility index (Phi) is 5.14. The summed E-state index contributed by atoms with van der Waals surface area (Å²) >= 11 is 0. The minimum atomic E-state index is -0.529. The van der Waals surface area contributed by atoms with Crippen LogP contribution in [0.25, 0.3) is 0 Å². The fraction of sp³-hybridized carbons (Fsp3) is 0.250. The number of hydrogen-bond acceptors (Lipinski definition) is 7. The number of hydrogen-bond donors (Lipinski definition) is 1. The van der Waals surface area contributed by atoms with Gasteiger partial charge in [-0.3, -0.25) is 15.5 Å². The highest BCUT2D eigenvalue weighted by molar-refractivity contribution is 5.81. The molecule has 1 saturated heterocycles. The number of benzene rings is 1. The first-order chi connectivity index (χ1) is 12.1. The second kappa shape index (κ2) is 7.67. The number of nitrogens with zero attached hydrogens (tertiary/aromatic N) is 4. The molecule has 1 aromatic carbocycles. The average molecular weight is 345 g/mol. The molecule has 0 amide bonds. The molecule has 1 aromatic heterocycles. The third kappa shape index (κ3) is 4.27. The van der Waals surface area contributed by atoms with Crippen molar-refractivity contribution in [3.05, 3.63) is 58.0 Å². The van der Waals surface area contributed by atoms with Crippen LogP contribution in [0.1, 0.15) is 5.56 Å². The highest BCUT2D eigenvalue weighted by atomic mass is 19.1. The molecule has 1 N–H and O–H groups in total. The lowest BCUT2D eigenvalue weighted by atomic mass is 10.2. The maximum absolute atomic E-state index is 14.3. The fourth-order valence-corrected chi connectivity index (χ4v) is 2.40. The summed E-state index contributed by atoms with van der Waals surface area (Å²) in [6.07, 6.45) is 2.59. The van der Waals surface area contributed by atoms with Crippen LogP contribution >= 0.6 is 0 Å². The number of pyridine rings is 1. The summed E-state index contributed by atoms with van der Waals surface area (Å²) in [5.41, 5.74) is 3.68. The van der Waals surface area contributed by atoms with E-state index in [2.05, 4.69) is 15.5 Å². The van der Waals surface area contributed by atoms with Gasteiger partial charge in [0.15, 0.2) is 0 Å². The monoisotopic (exact) mass is 345 g/mol. The third-order valence-corrected chi connectivity index (χ3v) is 3.67. The molecule has 0 aliphatic carbocycles. The lowest BCUT2D eigenvalue weighted by molar-refractivity contribution is -0.385. The number of halogens is 1. The zero-order valence-corrected chi connectivity index (χ0v) is 13.3. The van der Waals surface area contributed by atoms with Gasteiger partial charge in [-0.15, -0.1) is 0 Å². The lowest BCUT2D eigenvalue weighted by Crippen LogP contribution is -2.36. The molecule has 0 unspecified atom stereocenters. The Hall–Kier alpha value is -3.07. The van der Waals surface area contributed by atoms with E-state index in [1.807, 2.05) is 4.90 Å². The van der Waals surface area contributed by atoms with E-state index in [1.165, 1.54) is 24.4 Å². The summed E-state index contributed by atoms with van der Waals surface area (Å²) < 4.78 is 19.5. The summed E-state index contributed by atoms with van der Waals surface area (Å²) in [5.74, 6) is 0.0339. The molecule has 8 nitrogen and oxygen atoms in total. The van der Waals surface area contributed by atoms with Gasteiger partial charge in [0, 0.05) is 19.2 Å². The summed E-state index contributed by atoms with van der Waals surface area (Å²) in [6, 6.07) is 7.65. The number of nitrogens with one attached hydrogen (secondary N) is 1. The van der Waals surface area contributed by atoms with Crippen molar-refractivity contribution in [2.24, 2.45) is 5.10 Å². The molecule has 3 rings (SSSR count). The second-order valence-electron chi connectivity index (χ2n) is 5.34. The molecule has 0 saturated carbocycles. The van der Waals surface area contributed by atoms with Gasteiger partial charge in [-0.05, 0) is 23.8 Å². The van der Waals surface area contributed by atoms with E-state index in [0.29, 0.717) is 43.4 Å². The number of hydrazone groups is 1. The minimum Gasteiger partial charge on any atom is -0.378 e. The van der Waals surface area contributed by atoms with Crippen molar-refractivity contribution >= 4 is 23.4 Å². The van der Waals surface area contributed by atoms with Gasteiger partial charge in [-0.2, -0.15) is 5.10 Å². The SMILES string of the molecule is O=[N+]([O-])c1ccc(N/N=C\c2ccc(N3CCOCC3)c(F)c2)nc1. The molecule has 9 heteroatoms. The van der Waals surface area contributed by atoms with Crippen molar-refractivity contribution in [3.63, 3.8) is 0 Å². The van der Waals surface area contributed by atoms with Gasteiger partial charge in [0.1, 0.15) is 17.8 Å². The van der Waals surface area contributed by atoms with Crippen molar-refractivity contribution < 1.29 is 14.1 Å². The Labute approximate surface area is 143 Å². The predicted molar refractivity (Wildman–Crippen MR) is 91.5 cm³/mol. The van der Waals surface area contributed by atoms with Crippen molar-refractivity contribution in [2.45, 2.75) is 0 Å². The summed E-state index contributed by atoms with van der Waals surface area (Å²) in [4.78, 5) is 15.8. The van der Waals surface area contributed by atoms with Crippen LogP contribution in [0.2, 0.25) is 0 Å². The molecular formula is C16H16FN5O3. The van der Waals surface area contributed by atoms with Crippen molar-refractivity contribution in [2.75, 3.05) is 36.6 Å². The predicted octanol–water partition coefficient (Wildman–Crippen LogP) is 2.41. The Morgan fingerprint density at radius 2 is 2.12 bits per heavy atom. The fourth-order valence-electron chi connectivity index (χ4n) is 2.40. The number of rotatable bonds is 5. The van der Waals surface area contributed by atoms with Crippen molar-refractivity contribution in [1.29, 1.82) is 0 Å². The van der Waals surface area contributed by atoms with Gasteiger partial charge in [0.25, 0.3) is 5.69 Å². The van der Waals surface area contributed by atoms with Crippen molar-refractivity contribution in [1.82, 2.24) is 4.98 Å². The molecule has 0 bridgehead atoms. The first-order valence-electron chi connectivity index (χ1n) is 7.65. The Morgan fingerprint density at radius 1 is 1.32 bits per heavy atom. The Balaban J connectivity index is 1.63. The zero-order valence-electron chi connectivity index (χ0n) is 13.3. The van der Waals surface area contributed by atoms with E-state index in [0.717, 1.165) is 6.20 Å². The molecule has 25 heavy (non-hydrogen) atoms. The van der Waals surface area contributed by atoms with Crippen LogP contribution in [-0.2, 0) is 4.74 Å². The smallest absolute Gasteiger partial charge is 0.287 e. The normalized spacial score (nSPS) is 14.7. The highest BCUT2D eigenvalue weighted by Crippen LogP contribution is 2.21. The maximum atomic E-state index is 14.3. The molecule has 0 spiro atoms. The van der Waals surface area contributed by atoms with E-state index in [1.54, 1.807) is 12.1 Å². The van der Waals surface area contributed by atoms with Gasteiger partial charge in [-0.25, -0.2) is 9.37 Å². The van der Waals surface area contributed by atoms with Gasteiger partial charge in [0.05, 0.1) is 30.0 Å². The van der Waals surface area contributed by atoms with E-state index in [9.17, 15) is 14.5 Å². The second-order valence-corrected chi connectivity index (χ2v) is 5.34. The summed E-state index contributed by atoms with van der Waals surface area (Å²) in [6.45, 7) is 2.51. The number of anilines is 2. The maximum Gasteiger partial charge on any atom is 0.287 e. The molecule has 0 atom stereocenters. The van der Waals surface area contributed by atoms with E-state index >= 15 is 0 Å². The first-order valence-corrected chi connectivity index (χ1v) is 7.65. The molecule has 1 fully saturated rings. The zero-order chi connectivity index (χ0) is 17.6. The highest BCUT2D eigenvalue weighted by Gasteiger charge is 2.14. The number of aromatic nitrogens is 1. The van der Waals surface area contributed by atoms with E-state index in [4.69, 9.17) is 4.74 Å². The first kappa shape index (κ1) is 16.8. The molecule has 2 aromatic rings. The van der Waals surface area contributed by atoms with Crippen LogP contribution in [0.5, 0.6) is 0 Å². The van der Waals surface area contributed by atoms with Crippen LogP contribution in [0.15, 0.2) is 41.6 Å². The van der Waals surface area contributed by atoms with Crippen LogP contribution in [0.4, 0.5) is 21.6 Å². The largest absolute Gasteiger partial charge is 0.378 e. The number of ether oxygens (including phenoxy) is 1. The number of morpholine rings is 1. The molecule has 1 aliphatic heterocycles. The summed E-state index contributed by atoms with van der Waals surface area (Å²) in [7, 11) is 0. The number of nitro groups is 1. The molecule has 0 radical (unpaired) electrons. The molecule has 1 aliphatic rings. The van der Waals surface area contributed by atoms with E-state index in [-0.39, 0.29) is 11.5 Å². The van der Waals surface area contributed by atoms with Gasteiger partial charge < -0.3 is 9.64 Å². The quantitative estimate of drug-likeness (QED) is 0.508. The topological polar surface area (TPSA) is 92.9 Å². The van der Waals surface area contributed by atoms with Crippen LogP contribution in [0, 0.1) is 15.9 Å². The average Bonchev–Trinajstić information content (AvgIpc) is 2.63.